The van der Waals surface area contributed by atoms with Crippen LogP contribution in [0.1, 0.15) is 40.6 Å². The summed E-state index contributed by atoms with van der Waals surface area (Å²) < 4.78 is 56.3. The van der Waals surface area contributed by atoms with Gasteiger partial charge in [-0.25, -0.2) is 17.2 Å². The van der Waals surface area contributed by atoms with Crippen LogP contribution >= 0.6 is 23.2 Å². The summed E-state index contributed by atoms with van der Waals surface area (Å²) in [5.74, 6) is -2.05. The largest absolute Gasteiger partial charge is 0.277 e. The lowest BCUT2D eigenvalue weighted by atomic mass is 10.0. The molecule has 196 valence electrons. The average Bonchev–Trinajstić information content (AvgIpc) is 3.64. The molecule has 0 aliphatic heterocycles. The second-order valence-corrected chi connectivity index (χ2v) is 12.2. The highest BCUT2D eigenvalue weighted by Crippen LogP contribution is 2.57. The van der Waals surface area contributed by atoms with E-state index in [2.05, 4.69) is 9.97 Å². The van der Waals surface area contributed by atoms with Gasteiger partial charge >= 0.3 is 0 Å². The van der Waals surface area contributed by atoms with E-state index in [0.29, 0.717) is 21.8 Å². The summed E-state index contributed by atoms with van der Waals surface area (Å²) in [6.45, 7) is 3.22. The first kappa shape index (κ1) is 26.5. The van der Waals surface area contributed by atoms with Crippen LogP contribution in [0.2, 0.25) is 10.0 Å². The molecule has 2 atom stereocenters. The van der Waals surface area contributed by atoms with Crippen LogP contribution in [0.5, 0.6) is 0 Å². The molecule has 1 aliphatic carbocycles. The molecule has 0 saturated heterocycles. The molecule has 0 unspecified atom stereocenters. The van der Waals surface area contributed by atoms with Gasteiger partial charge in [-0.2, -0.15) is 0 Å². The maximum atomic E-state index is 16.0. The normalized spacial score (nSPS) is 17.0. The van der Waals surface area contributed by atoms with Crippen LogP contribution in [0.15, 0.2) is 58.6 Å². The number of aromatic nitrogens is 3. The molecule has 6 nitrogen and oxygen atoms in total. The second kappa shape index (κ2) is 9.55. The molecule has 1 aromatic carbocycles. The molecule has 0 N–H and O–H groups in total. The smallest absolute Gasteiger partial charge is 0.274 e. The van der Waals surface area contributed by atoms with Gasteiger partial charge in [0.15, 0.2) is 21.5 Å². The Morgan fingerprint density at radius 2 is 1.74 bits per heavy atom. The zero-order valence-electron chi connectivity index (χ0n) is 20.5. The average molecular weight is 576 g/mol. The number of nitrogens with zero attached hydrogens (tertiary/aromatic N) is 3. The third kappa shape index (κ3) is 4.42. The van der Waals surface area contributed by atoms with E-state index in [0.717, 1.165) is 28.9 Å². The summed E-state index contributed by atoms with van der Waals surface area (Å²) in [5.41, 5.74) is 0.770. The molecule has 3 aromatic heterocycles. The Balaban J connectivity index is 1.63. The van der Waals surface area contributed by atoms with Gasteiger partial charge in [0.25, 0.3) is 5.56 Å². The van der Waals surface area contributed by atoms with Crippen LogP contribution in [-0.4, -0.2) is 29.2 Å². The summed E-state index contributed by atoms with van der Waals surface area (Å²) >= 11 is 12.9. The molecular weight excluding hydrogens is 555 g/mol. The molecule has 0 radical (unpaired) electrons. The summed E-state index contributed by atoms with van der Waals surface area (Å²) in [7, 11) is -3.91. The Morgan fingerprint density at radius 3 is 2.42 bits per heavy atom. The minimum absolute atomic E-state index is 0.0322. The van der Waals surface area contributed by atoms with Crippen molar-refractivity contribution in [2.24, 2.45) is 0 Å². The first-order valence-electron chi connectivity index (χ1n) is 11.6. The fraction of sp³-hybridized carbons (Fsp3) is 0.222. The number of benzene rings is 1. The van der Waals surface area contributed by atoms with E-state index in [1.807, 2.05) is 6.07 Å². The molecule has 1 aliphatic rings. The van der Waals surface area contributed by atoms with Crippen LogP contribution in [0.4, 0.5) is 8.78 Å². The Labute approximate surface area is 227 Å². The van der Waals surface area contributed by atoms with E-state index < -0.39 is 37.6 Å². The van der Waals surface area contributed by atoms with E-state index in [-0.39, 0.29) is 28.1 Å². The topological polar surface area (TPSA) is 81.9 Å². The molecule has 4 aromatic rings. The third-order valence-corrected chi connectivity index (χ3v) is 8.58. The molecule has 3 heterocycles. The first-order chi connectivity index (χ1) is 17.9. The number of pyridine rings is 3. The van der Waals surface area contributed by atoms with E-state index in [9.17, 15) is 13.2 Å². The number of sulfone groups is 1. The molecule has 0 bridgehead atoms. The van der Waals surface area contributed by atoms with Crippen molar-refractivity contribution in [3.05, 3.63) is 103 Å². The quantitative estimate of drug-likeness (QED) is 0.284. The SMILES string of the molecule is Cc1cnc(-c2cccc(S(C)(=O)=O)c2F)c(F)c1-n1c(C)cc([C@H]2C[C@@H]2c2ccncc2Cl)c(Cl)c1=O. The molecule has 11 heteroatoms. The highest BCUT2D eigenvalue weighted by molar-refractivity contribution is 7.90. The first-order valence-corrected chi connectivity index (χ1v) is 14.2. The highest BCUT2D eigenvalue weighted by atomic mass is 35.5. The minimum atomic E-state index is -3.91. The molecular formula is C27H21Cl2F2N3O3S. The van der Waals surface area contributed by atoms with Gasteiger partial charge in [0, 0.05) is 36.1 Å². The maximum Gasteiger partial charge on any atom is 0.274 e. The summed E-state index contributed by atoms with van der Waals surface area (Å²) in [6, 6.07) is 7.22. The molecule has 1 fully saturated rings. The Morgan fingerprint density at radius 1 is 1.03 bits per heavy atom. The van der Waals surface area contributed by atoms with Crippen molar-refractivity contribution >= 4 is 33.0 Å². The summed E-state index contributed by atoms with van der Waals surface area (Å²) in [6.07, 6.45) is 6.13. The van der Waals surface area contributed by atoms with Gasteiger partial charge in [-0.05, 0) is 73.1 Å². The van der Waals surface area contributed by atoms with Gasteiger partial charge in [-0.3, -0.25) is 19.3 Å². The van der Waals surface area contributed by atoms with Crippen molar-refractivity contribution in [2.45, 2.75) is 37.0 Å². The lowest BCUT2D eigenvalue weighted by Crippen LogP contribution is -2.24. The van der Waals surface area contributed by atoms with Crippen LogP contribution in [0, 0.1) is 25.5 Å². The zero-order valence-corrected chi connectivity index (χ0v) is 22.8. The van der Waals surface area contributed by atoms with Crippen LogP contribution in [0.25, 0.3) is 16.9 Å². The van der Waals surface area contributed by atoms with E-state index >= 15 is 8.78 Å². The van der Waals surface area contributed by atoms with Crippen molar-refractivity contribution < 1.29 is 17.2 Å². The highest BCUT2D eigenvalue weighted by Gasteiger charge is 2.42. The Kier molecular flexibility index (Phi) is 6.65. The number of aryl methyl sites for hydroxylation is 2. The van der Waals surface area contributed by atoms with Crippen molar-refractivity contribution in [3.63, 3.8) is 0 Å². The van der Waals surface area contributed by atoms with Gasteiger partial charge in [0.1, 0.15) is 15.6 Å². The van der Waals surface area contributed by atoms with Gasteiger partial charge in [-0.15, -0.1) is 0 Å². The standard InChI is InChI=1S/C27H21Cl2F2N3O3S/c1-13-11-33-25(16-5-4-6-21(23(16)30)38(3,36)37)24(31)26(13)34-14(2)9-19(22(29)27(34)35)18-10-17(18)15-7-8-32-12-20(15)28/h4-9,11-12,17-18H,10H2,1-3H3/t17-,18+/m1/s1. The monoisotopic (exact) mass is 575 g/mol. The molecule has 1 saturated carbocycles. The maximum absolute atomic E-state index is 16.0. The second-order valence-electron chi connectivity index (χ2n) is 9.38. The van der Waals surface area contributed by atoms with Crippen molar-refractivity contribution in [1.82, 2.24) is 14.5 Å². The van der Waals surface area contributed by atoms with E-state index in [1.165, 1.54) is 18.3 Å². The van der Waals surface area contributed by atoms with E-state index in [4.69, 9.17) is 23.2 Å². The van der Waals surface area contributed by atoms with Gasteiger partial charge < -0.3 is 0 Å². The Bertz CT molecular complexity index is 1790. The van der Waals surface area contributed by atoms with Crippen molar-refractivity contribution in [1.29, 1.82) is 0 Å². The van der Waals surface area contributed by atoms with Crippen LogP contribution in [0.3, 0.4) is 0 Å². The fourth-order valence-electron chi connectivity index (χ4n) is 4.86. The molecule has 0 spiro atoms. The predicted molar refractivity (Wildman–Crippen MR) is 142 cm³/mol. The lowest BCUT2D eigenvalue weighted by Gasteiger charge is -2.18. The summed E-state index contributed by atoms with van der Waals surface area (Å²) in [4.78, 5) is 21.0. The van der Waals surface area contributed by atoms with Crippen LogP contribution < -0.4 is 5.56 Å². The fourth-order valence-corrected chi connectivity index (χ4v) is 6.16. The number of rotatable bonds is 5. The van der Waals surface area contributed by atoms with Gasteiger partial charge in [0.2, 0.25) is 0 Å². The number of hydrogen-bond acceptors (Lipinski definition) is 5. The lowest BCUT2D eigenvalue weighted by molar-refractivity contribution is 0.569. The van der Waals surface area contributed by atoms with E-state index in [1.54, 1.807) is 32.3 Å². The van der Waals surface area contributed by atoms with Crippen LogP contribution in [-0.2, 0) is 9.84 Å². The zero-order chi connectivity index (χ0) is 27.5. The van der Waals surface area contributed by atoms with Crippen molar-refractivity contribution in [2.75, 3.05) is 6.26 Å². The predicted octanol–water partition coefficient (Wildman–Crippen LogP) is 6.17. The number of halogens is 4. The molecule has 38 heavy (non-hydrogen) atoms. The van der Waals surface area contributed by atoms with Crippen molar-refractivity contribution in [3.8, 4) is 16.9 Å². The Hall–Kier alpha value is -3.14. The van der Waals surface area contributed by atoms with Gasteiger partial charge in [0.05, 0.1) is 10.7 Å². The minimum Gasteiger partial charge on any atom is -0.277 e. The molecule has 0 amide bonds. The summed E-state index contributed by atoms with van der Waals surface area (Å²) in [5, 5.41) is 0.492. The van der Waals surface area contributed by atoms with Gasteiger partial charge in [-0.1, -0.05) is 29.3 Å². The third-order valence-electron chi connectivity index (χ3n) is 6.77. The molecule has 5 rings (SSSR count). The number of hydrogen-bond donors (Lipinski definition) is 0.